The van der Waals surface area contributed by atoms with Gasteiger partial charge >= 0.3 is 6.18 Å². The number of allylic oxidation sites excluding steroid dienone is 12. The Bertz CT molecular complexity index is 5870. The van der Waals surface area contributed by atoms with Crippen LogP contribution >= 0.6 is 11.6 Å². The zero-order valence-corrected chi connectivity index (χ0v) is 81.2. The van der Waals surface area contributed by atoms with Crippen molar-refractivity contribution in [3.05, 3.63) is 253 Å². The number of ketones is 14. The second-order valence-electron chi connectivity index (χ2n) is 35.1. The number of nitriles is 1. The molecule has 766 valence electrons. The minimum absolute atomic E-state index is 0. The lowest BCUT2D eigenvalue weighted by molar-refractivity contribution is -0.384. The summed E-state index contributed by atoms with van der Waals surface area (Å²) in [6.45, 7) is 23.3. The molecule has 16 atom stereocenters. The maximum Gasteiger partial charge on any atom is 0.416 e. The molecule has 1 fully saturated rings. The number of ether oxygens (including phenoxy) is 10. The van der Waals surface area contributed by atoms with Gasteiger partial charge in [0.1, 0.15) is 5.76 Å². The molecular formula is C102H116ClF3N2O34. The van der Waals surface area contributed by atoms with Crippen LogP contribution in [-0.4, -0.2) is 194 Å². The molecule has 9 heterocycles. The molecular weight excluding hydrogens is 1890 g/mol. The van der Waals surface area contributed by atoms with Gasteiger partial charge in [0.05, 0.1) is 47.2 Å². The summed E-state index contributed by atoms with van der Waals surface area (Å²) in [6, 6.07) is 29.4. The fraction of sp³-hybridized carbons (Fsp3) is 0.441. The molecule has 1 aromatic heterocycles. The Morgan fingerprint density at radius 1 is 0.430 bits per heavy atom. The summed E-state index contributed by atoms with van der Waals surface area (Å²) in [5.41, 5.74) is 2.40. The first kappa shape index (κ1) is 118. The lowest BCUT2D eigenvalue weighted by atomic mass is 9.86. The van der Waals surface area contributed by atoms with E-state index < -0.39 is 127 Å². The first-order valence-corrected chi connectivity index (χ1v) is 44.3. The number of alkyl halides is 3. The van der Waals surface area contributed by atoms with Crippen molar-refractivity contribution < 1.29 is 173 Å². The van der Waals surface area contributed by atoms with Crippen molar-refractivity contribution in [2.45, 2.75) is 264 Å². The molecule has 0 spiro atoms. The monoisotopic (exact) mass is 2000 g/mol. The fourth-order valence-corrected chi connectivity index (χ4v) is 15.1. The predicted molar refractivity (Wildman–Crippen MR) is 495 cm³/mol. The van der Waals surface area contributed by atoms with Gasteiger partial charge in [0.25, 0.3) is 46.2 Å². The molecule has 13 rings (SSSR count). The van der Waals surface area contributed by atoms with Crippen LogP contribution in [0.15, 0.2) is 203 Å². The number of benzene rings is 4. The van der Waals surface area contributed by atoms with Crippen LogP contribution in [0.3, 0.4) is 0 Å². The number of hydrogen-bond donors (Lipinski definition) is 7. The Balaban J connectivity index is 0.000000254. The van der Waals surface area contributed by atoms with Crippen molar-refractivity contribution in [1.82, 2.24) is 0 Å². The number of nitro benzene ring substituents is 1. The van der Waals surface area contributed by atoms with Gasteiger partial charge in [-0.15, -0.1) is 0 Å². The van der Waals surface area contributed by atoms with Crippen molar-refractivity contribution in [2.24, 2.45) is 11.8 Å². The van der Waals surface area contributed by atoms with Gasteiger partial charge in [-0.2, -0.15) is 18.4 Å². The van der Waals surface area contributed by atoms with Gasteiger partial charge in [-0.3, -0.25) is 77.2 Å². The number of aliphatic hydroxyl groups is 7. The molecule has 4 aromatic carbocycles. The average molecular weight is 2010 g/mol. The number of non-ortho nitro benzene ring substituents is 1. The van der Waals surface area contributed by atoms with Crippen LogP contribution < -0.4 is 0 Å². The molecule has 1 saturated heterocycles. The highest BCUT2D eigenvalue weighted by atomic mass is 35.5. The number of carbonyl (C=O) groups excluding carboxylic acids is 14. The highest BCUT2D eigenvalue weighted by molar-refractivity contribution is 6.30. The Morgan fingerprint density at radius 2 is 0.711 bits per heavy atom. The van der Waals surface area contributed by atoms with Gasteiger partial charge < -0.3 is 87.5 Å². The van der Waals surface area contributed by atoms with Crippen LogP contribution in [0.2, 0.25) is 5.02 Å². The molecule has 0 radical (unpaired) electrons. The number of methoxy groups -OCH3 is 1. The van der Waals surface area contributed by atoms with E-state index in [-0.39, 0.29) is 169 Å². The van der Waals surface area contributed by atoms with E-state index in [4.69, 9.17) is 68.6 Å². The van der Waals surface area contributed by atoms with Gasteiger partial charge in [0.15, 0.2) is 86.6 Å². The van der Waals surface area contributed by atoms with Crippen molar-refractivity contribution in [3.63, 3.8) is 0 Å². The quantitative estimate of drug-likeness (QED) is 0.0236. The van der Waals surface area contributed by atoms with E-state index >= 15 is 0 Å². The number of rotatable bonds is 23. The van der Waals surface area contributed by atoms with Crippen molar-refractivity contribution >= 4 is 98.3 Å². The second kappa shape index (κ2) is 48.1. The van der Waals surface area contributed by atoms with Crippen LogP contribution in [0.25, 0.3) is 0 Å². The fourth-order valence-electron chi connectivity index (χ4n) is 14.9. The molecule has 5 aromatic rings. The highest BCUT2D eigenvalue weighted by Gasteiger charge is 2.52. The summed E-state index contributed by atoms with van der Waals surface area (Å²) in [4.78, 5) is 171. The number of nitrogens with zero attached hydrogens (tertiary/aromatic N) is 2. The molecule has 0 bridgehead atoms. The minimum atomic E-state index is -4.45. The summed E-state index contributed by atoms with van der Waals surface area (Å²) in [5, 5.41) is 91.6. The van der Waals surface area contributed by atoms with E-state index in [9.17, 15) is 126 Å². The normalized spacial score (nSPS) is 27.1. The van der Waals surface area contributed by atoms with Crippen molar-refractivity contribution in [1.29, 1.82) is 5.26 Å². The first-order valence-electron chi connectivity index (χ1n) is 43.9. The van der Waals surface area contributed by atoms with Crippen LogP contribution in [0.1, 0.15) is 239 Å². The Labute approximate surface area is 820 Å². The van der Waals surface area contributed by atoms with Crippen LogP contribution in [-0.2, 0) is 121 Å². The number of Topliss-reactive ketones (excluding diaryl/α,β-unsaturated/α-hetero) is 14. The third-order valence-electron chi connectivity index (χ3n) is 23.6. The summed E-state index contributed by atoms with van der Waals surface area (Å²) in [5.74, 6) is -23.6. The summed E-state index contributed by atoms with van der Waals surface area (Å²) >= 11 is 5.84. The molecule has 0 amide bonds. The summed E-state index contributed by atoms with van der Waals surface area (Å²) in [6.07, 6.45) is 7.48. The van der Waals surface area contributed by atoms with Gasteiger partial charge in [0, 0.05) is 208 Å². The van der Waals surface area contributed by atoms with E-state index in [0.29, 0.717) is 34.1 Å². The molecule has 0 saturated carbocycles. The third-order valence-corrected chi connectivity index (χ3v) is 23.8. The number of halogens is 4. The summed E-state index contributed by atoms with van der Waals surface area (Å²) < 4.78 is 95.3. The lowest BCUT2D eigenvalue weighted by Gasteiger charge is -2.35. The van der Waals surface area contributed by atoms with E-state index in [1.54, 1.807) is 105 Å². The predicted octanol–water partition coefficient (Wildman–Crippen LogP) is 13.1. The summed E-state index contributed by atoms with van der Waals surface area (Å²) in [7, 11) is 1.54. The molecule has 40 heteroatoms. The Hall–Kier alpha value is -13.1. The van der Waals surface area contributed by atoms with E-state index in [2.05, 4.69) is 0 Å². The van der Waals surface area contributed by atoms with Crippen LogP contribution in [0.4, 0.5) is 18.9 Å². The largest absolute Gasteiger partial charge is 0.469 e. The number of nitro groups is 1. The number of hydrogen-bond acceptors (Lipinski definition) is 35. The first-order chi connectivity index (χ1) is 65.3. The molecule has 7 N–H and O–H groups in total. The lowest BCUT2D eigenvalue weighted by Crippen LogP contribution is -2.47. The molecule has 8 aliphatic rings. The molecule has 8 aliphatic heterocycles. The van der Waals surface area contributed by atoms with E-state index in [1.165, 1.54) is 152 Å². The van der Waals surface area contributed by atoms with Crippen LogP contribution in [0, 0.1) is 33.3 Å². The van der Waals surface area contributed by atoms with Gasteiger partial charge in [-0.1, -0.05) is 67.6 Å². The zero-order valence-electron chi connectivity index (χ0n) is 80.4. The average Bonchev–Trinajstić information content (AvgIpc) is 1.58. The number of carbonyl (C=O) groups is 14. The standard InChI is InChI=1S/C16H15F3O4.C16H15NO4.C15H15ClO4.C15H15NO6.C14H20O6.C13H14O5.C12H18O5.CH4/c1-9(20)14-7-12(8-15(22,23-14)10(2)21)11-3-5-13(6-4-11)16(17,18)19;1-10(18)15-7-14(8-16(20,21-15)11(2)19)13-5-3-12(9-17)4-6-13;1-9(17)14-7-12(8-15(19,20-14)10(2)18)11-3-5-13(16)6-4-11;1-9(17)14-7-12(8-15(19,22-14)10(2)18)11-3-5-13(6-4-11)16(20)21;1-8(15)11-5-10(6-14(17,20-11)9(2)16)12-7-18-13(3,4)19-12;1-8(14)12-6-10(11-4-3-5-17-11)7-13(16,18-12)9(2)15;1-7(13)11-5-10(8(2)16-4)6-12(15,17-11)9(3)14;/h3-7,12,22H,8H2,1-2H3;3-7,14,20H,8H2,1-2H3;3-7,12,19H,8H2,1-2H3;3-7,12,19H,8H2,1-2H3;5,10,12,17H,6-7H2,1-4H3;3-6,10,16H,7H2,1-2H3;5,8,10,15H,6H2,1-4H3;1H4. The van der Waals surface area contributed by atoms with Crippen LogP contribution in [0.5, 0.6) is 0 Å². The third kappa shape index (κ3) is 31.0. The number of furan rings is 1. The zero-order chi connectivity index (χ0) is 106. The van der Waals surface area contributed by atoms with Crippen molar-refractivity contribution in [3.8, 4) is 6.07 Å². The molecule has 142 heavy (non-hydrogen) atoms. The smallest absolute Gasteiger partial charge is 0.416 e. The van der Waals surface area contributed by atoms with E-state index in [1.807, 2.05) is 13.0 Å². The van der Waals surface area contributed by atoms with Crippen molar-refractivity contribution in [2.75, 3.05) is 13.7 Å². The SMILES string of the molecule is C.CC(=O)C1=CC(C2COC(C)(C)O2)CC(O)(C(C)=O)O1.CC(=O)C1=CC(c2ccc(C#N)cc2)CC(O)(C(C)=O)O1.CC(=O)C1=CC(c2ccc(C(F)(F)F)cc2)CC(O)(C(C)=O)O1.CC(=O)C1=CC(c2ccc(Cl)cc2)CC(O)(C(C)=O)O1.CC(=O)C1=CC(c2ccc([N+](=O)[O-])cc2)CC(O)(C(C)=O)O1.CC(=O)C1=CC(c2ccco2)CC(O)(C(C)=O)O1.COC(C)C1C=C(C(C)=O)OC(O)(C(C)=O)C1. The molecule has 16 unspecified atom stereocenters. The van der Waals surface area contributed by atoms with Gasteiger partial charge in [-0.25, -0.2) is 0 Å². The highest BCUT2D eigenvalue weighted by Crippen LogP contribution is 2.45. The Morgan fingerprint density at radius 3 is 0.986 bits per heavy atom. The molecule has 36 nitrogen and oxygen atoms in total. The Kier molecular flexibility index (Phi) is 39.8. The van der Waals surface area contributed by atoms with Gasteiger partial charge in [-0.05, 0) is 134 Å². The molecule has 0 aliphatic carbocycles. The maximum absolute atomic E-state index is 12.6. The van der Waals surface area contributed by atoms with Gasteiger partial charge in [0.2, 0.25) is 40.5 Å². The second-order valence-corrected chi connectivity index (χ2v) is 35.5. The van der Waals surface area contributed by atoms with E-state index in [0.717, 1.165) is 30.2 Å². The maximum atomic E-state index is 12.6. The topological polar surface area (TPSA) is 553 Å². The minimum Gasteiger partial charge on any atom is -0.469 e.